The van der Waals surface area contributed by atoms with Crippen LogP contribution in [-0.2, 0) is 11.2 Å². The van der Waals surface area contributed by atoms with Crippen molar-refractivity contribution in [3.8, 4) is 11.1 Å². The molecule has 3 aromatic rings. The van der Waals surface area contributed by atoms with E-state index in [1.807, 2.05) is 18.2 Å². The van der Waals surface area contributed by atoms with Gasteiger partial charge >= 0.3 is 0 Å². The zero-order valence-corrected chi connectivity index (χ0v) is 20.6. The molecule has 1 heterocycles. The van der Waals surface area contributed by atoms with Crippen LogP contribution in [-0.4, -0.2) is 69.6 Å². The highest BCUT2D eigenvalue weighted by molar-refractivity contribution is 5.79. The minimum atomic E-state index is 0.0662. The van der Waals surface area contributed by atoms with Gasteiger partial charge in [0, 0.05) is 52.5 Å². The summed E-state index contributed by atoms with van der Waals surface area (Å²) in [6.07, 6.45) is 0.393. The van der Waals surface area contributed by atoms with Crippen molar-refractivity contribution in [1.29, 1.82) is 0 Å². The normalized spacial score (nSPS) is 15.6. The predicted octanol–water partition coefficient (Wildman–Crippen LogP) is 4.07. The molecule has 1 atom stereocenters. The van der Waals surface area contributed by atoms with Crippen LogP contribution in [0.5, 0.6) is 0 Å². The molecule has 0 saturated carbocycles. The molecule has 1 amide bonds. The molecular weight excluding hydrogens is 420 g/mol. The minimum Gasteiger partial charge on any atom is -0.378 e. The molecule has 0 aromatic heterocycles. The Labute approximate surface area is 204 Å². The standard InChI is InChI=1S/C29H36N4O/c1-31(2)27-15-13-26(14-16-27)28(33-19-17-32(3)18-20-33)22-30-29(34)21-23-9-11-25(12-10-23)24-7-5-4-6-8-24/h4-16,28H,17-22H2,1-3H3,(H,30,34). The van der Waals surface area contributed by atoms with Gasteiger partial charge in [0.1, 0.15) is 0 Å². The van der Waals surface area contributed by atoms with E-state index in [1.54, 1.807) is 0 Å². The second kappa shape index (κ2) is 11.3. The van der Waals surface area contributed by atoms with Gasteiger partial charge in [-0.25, -0.2) is 0 Å². The smallest absolute Gasteiger partial charge is 0.224 e. The number of rotatable bonds is 8. The Balaban J connectivity index is 1.39. The Morgan fingerprint density at radius 2 is 1.47 bits per heavy atom. The van der Waals surface area contributed by atoms with Gasteiger partial charge in [0.25, 0.3) is 0 Å². The van der Waals surface area contributed by atoms with E-state index in [4.69, 9.17) is 0 Å². The van der Waals surface area contributed by atoms with Gasteiger partial charge in [0.2, 0.25) is 5.91 Å². The number of nitrogens with zero attached hydrogens (tertiary/aromatic N) is 3. The SMILES string of the molecule is CN1CCN(C(CNC(=O)Cc2ccc(-c3ccccc3)cc2)c2ccc(N(C)C)cc2)CC1. The number of hydrogen-bond acceptors (Lipinski definition) is 4. The summed E-state index contributed by atoms with van der Waals surface area (Å²) in [7, 11) is 6.28. The average Bonchev–Trinajstić information content (AvgIpc) is 2.86. The average molecular weight is 457 g/mol. The van der Waals surface area contributed by atoms with E-state index in [0.717, 1.165) is 31.7 Å². The van der Waals surface area contributed by atoms with Crippen LogP contribution in [0.3, 0.4) is 0 Å². The van der Waals surface area contributed by atoms with Crippen LogP contribution in [0.15, 0.2) is 78.9 Å². The number of carbonyl (C=O) groups excluding carboxylic acids is 1. The second-order valence-corrected chi connectivity index (χ2v) is 9.38. The molecule has 1 saturated heterocycles. The highest BCUT2D eigenvalue weighted by atomic mass is 16.1. The van der Waals surface area contributed by atoms with Crippen molar-refractivity contribution < 1.29 is 4.79 Å². The van der Waals surface area contributed by atoms with Gasteiger partial charge < -0.3 is 15.1 Å². The Bertz CT molecular complexity index is 1040. The maximum absolute atomic E-state index is 12.8. The molecule has 3 aromatic carbocycles. The fraction of sp³-hybridized carbons (Fsp3) is 0.345. The number of carbonyl (C=O) groups is 1. The summed E-state index contributed by atoms with van der Waals surface area (Å²) in [6, 6.07) is 27.5. The van der Waals surface area contributed by atoms with E-state index in [9.17, 15) is 4.79 Å². The quantitative estimate of drug-likeness (QED) is 0.555. The molecule has 1 fully saturated rings. The molecule has 34 heavy (non-hydrogen) atoms. The highest BCUT2D eigenvalue weighted by Crippen LogP contribution is 2.24. The van der Waals surface area contributed by atoms with Crippen molar-refractivity contribution in [2.45, 2.75) is 12.5 Å². The lowest BCUT2D eigenvalue weighted by Crippen LogP contribution is -2.48. The first kappa shape index (κ1) is 24.0. The van der Waals surface area contributed by atoms with Crippen molar-refractivity contribution in [2.24, 2.45) is 0 Å². The van der Waals surface area contributed by atoms with Crippen molar-refractivity contribution in [3.05, 3.63) is 90.0 Å². The molecule has 5 nitrogen and oxygen atoms in total. The van der Waals surface area contributed by atoms with Crippen LogP contribution in [0.4, 0.5) is 5.69 Å². The summed E-state index contributed by atoms with van der Waals surface area (Å²) < 4.78 is 0. The molecule has 0 spiro atoms. The molecule has 1 unspecified atom stereocenters. The molecule has 1 aliphatic rings. The number of nitrogens with one attached hydrogen (secondary N) is 1. The van der Waals surface area contributed by atoms with Crippen molar-refractivity contribution in [1.82, 2.24) is 15.1 Å². The molecule has 1 N–H and O–H groups in total. The first-order valence-corrected chi connectivity index (χ1v) is 12.1. The zero-order chi connectivity index (χ0) is 23.9. The van der Waals surface area contributed by atoms with Crippen molar-refractivity contribution in [3.63, 3.8) is 0 Å². The van der Waals surface area contributed by atoms with Crippen LogP contribution in [0.1, 0.15) is 17.2 Å². The molecule has 0 aliphatic carbocycles. The summed E-state index contributed by atoms with van der Waals surface area (Å²) in [5.41, 5.74) is 5.82. The van der Waals surface area contributed by atoms with E-state index < -0.39 is 0 Å². The third-order valence-corrected chi connectivity index (χ3v) is 6.69. The Hall–Kier alpha value is -3.15. The summed E-state index contributed by atoms with van der Waals surface area (Å²) >= 11 is 0. The second-order valence-electron chi connectivity index (χ2n) is 9.38. The highest BCUT2D eigenvalue weighted by Gasteiger charge is 2.24. The summed E-state index contributed by atoms with van der Waals surface area (Å²) in [4.78, 5) is 19.8. The third-order valence-electron chi connectivity index (χ3n) is 6.69. The van der Waals surface area contributed by atoms with Crippen LogP contribution < -0.4 is 10.2 Å². The van der Waals surface area contributed by atoms with Crippen LogP contribution in [0, 0.1) is 0 Å². The fourth-order valence-electron chi connectivity index (χ4n) is 4.49. The lowest BCUT2D eigenvalue weighted by atomic mass is 10.0. The third kappa shape index (κ3) is 6.25. The Kier molecular flexibility index (Phi) is 7.99. The number of piperazine rings is 1. The van der Waals surface area contributed by atoms with Crippen molar-refractivity contribution in [2.75, 3.05) is 58.8 Å². The van der Waals surface area contributed by atoms with E-state index >= 15 is 0 Å². The molecule has 1 aliphatic heterocycles. The molecule has 178 valence electrons. The maximum atomic E-state index is 12.8. The number of amides is 1. The van der Waals surface area contributed by atoms with Crippen molar-refractivity contribution >= 4 is 11.6 Å². The summed E-state index contributed by atoms with van der Waals surface area (Å²) in [5, 5.41) is 3.22. The van der Waals surface area contributed by atoms with Gasteiger partial charge in [-0.15, -0.1) is 0 Å². The number of anilines is 1. The maximum Gasteiger partial charge on any atom is 0.224 e. The lowest BCUT2D eigenvalue weighted by molar-refractivity contribution is -0.120. The molecule has 0 radical (unpaired) electrons. The molecule has 5 heteroatoms. The van der Waals surface area contributed by atoms with Crippen LogP contribution in [0.2, 0.25) is 0 Å². The van der Waals surface area contributed by atoms with Gasteiger partial charge in [-0.3, -0.25) is 9.69 Å². The zero-order valence-electron chi connectivity index (χ0n) is 20.6. The van der Waals surface area contributed by atoms with E-state index in [2.05, 4.69) is 102 Å². The predicted molar refractivity (Wildman–Crippen MR) is 141 cm³/mol. The number of hydrogen-bond donors (Lipinski definition) is 1. The molecule has 0 bridgehead atoms. The van der Waals surface area contributed by atoms with E-state index in [1.165, 1.54) is 22.4 Å². The summed E-state index contributed by atoms with van der Waals surface area (Å²) in [6.45, 7) is 4.73. The van der Waals surface area contributed by atoms with Gasteiger partial charge in [0.05, 0.1) is 12.5 Å². The Morgan fingerprint density at radius 3 is 2.09 bits per heavy atom. The number of benzene rings is 3. The first-order chi connectivity index (χ1) is 16.5. The fourth-order valence-corrected chi connectivity index (χ4v) is 4.49. The monoisotopic (exact) mass is 456 g/mol. The van der Waals surface area contributed by atoms with E-state index in [-0.39, 0.29) is 11.9 Å². The molecular formula is C29H36N4O. The lowest BCUT2D eigenvalue weighted by Gasteiger charge is -2.38. The van der Waals surface area contributed by atoms with E-state index in [0.29, 0.717) is 13.0 Å². The van der Waals surface area contributed by atoms with Gasteiger partial charge in [-0.1, -0.05) is 66.7 Å². The summed E-state index contributed by atoms with van der Waals surface area (Å²) in [5.74, 6) is 0.0662. The van der Waals surface area contributed by atoms with Gasteiger partial charge in [0.15, 0.2) is 0 Å². The van der Waals surface area contributed by atoms with Gasteiger partial charge in [-0.05, 0) is 41.4 Å². The topological polar surface area (TPSA) is 38.8 Å². The van der Waals surface area contributed by atoms with Gasteiger partial charge in [-0.2, -0.15) is 0 Å². The molecule has 4 rings (SSSR count). The van der Waals surface area contributed by atoms with Crippen LogP contribution >= 0.6 is 0 Å². The minimum absolute atomic E-state index is 0.0662. The van der Waals surface area contributed by atoms with Crippen LogP contribution in [0.25, 0.3) is 11.1 Å². The largest absolute Gasteiger partial charge is 0.378 e. The number of likely N-dealkylation sites (N-methyl/N-ethyl adjacent to an activating group) is 1. The first-order valence-electron chi connectivity index (χ1n) is 12.1. The Morgan fingerprint density at radius 1 is 0.853 bits per heavy atom.